The summed E-state index contributed by atoms with van der Waals surface area (Å²) in [5, 5.41) is 9.78. The van der Waals surface area contributed by atoms with Crippen molar-refractivity contribution in [3.8, 4) is 0 Å². The molecule has 82 valence electrons. The van der Waals surface area contributed by atoms with Crippen LogP contribution in [0.15, 0.2) is 29.2 Å². The smallest absolute Gasteiger partial charge is 0.324 e. The Balaban J connectivity index is 2.68. The number of fused-ring (bicyclic) bond motifs is 1. The van der Waals surface area contributed by atoms with Gasteiger partial charge in [-0.25, -0.2) is 0 Å². The van der Waals surface area contributed by atoms with Gasteiger partial charge in [-0.05, 0) is 28.8 Å². The van der Waals surface area contributed by atoms with Gasteiger partial charge in [-0.2, -0.15) is 4.79 Å². The molecule has 0 amide bonds. The Morgan fingerprint density at radius 1 is 1.44 bits per heavy atom. The first-order valence-corrected chi connectivity index (χ1v) is 5.53. The largest absolute Gasteiger partial charge is 0.768 e. The van der Waals surface area contributed by atoms with Crippen LogP contribution < -0.4 is 0 Å². The first kappa shape index (κ1) is 10.9. The Morgan fingerprint density at radius 2 is 2.19 bits per heavy atom. The molecule has 1 aromatic carbocycles. The monoisotopic (exact) mass is 235 g/mol. The van der Waals surface area contributed by atoms with E-state index in [9.17, 15) is 13.9 Å². The Hall–Kier alpha value is -1.59. The van der Waals surface area contributed by atoms with E-state index in [0.717, 1.165) is 0 Å². The molecule has 1 aliphatic carbocycles. The van der Waals surface area contributed by atoms with Crippen LogP contribution in [-0.4, -0.2) is 24.4 Å². The molecule has 1 N–H and O–H groups in total. The third kappa shape index (κ3) is 1.64. The van der Waals surface area contributed by atoms with E-state index >= 15 is 0 Å². The average Bonchev–Trinajstić information content (AvgIpc) is 2.29. The Kier molecular flexibility index (Phi) is 2.80. The molecule has 5 nitrogen and oxygen atoms in total. The number of rotatable bonds is 1. The van der Waals surface area contributed by atoms with Gasteiger partial charge in [0.25, 0.3) is 0 Å². The van der Waals surface area contributed by atoms with Gasteiger partial charge in [0.2, 0.25) is 0 Å². The van der Waals surface area contributed by atoms with Gasteiger partial charge in [-0.3, -0.25) is 4.21 Å². The summed E-state index contributed by atoms with van der Waals surface area (Å²) in [7, 11) is 0. The molecule has 0 radical (unpaired) electrons. The molecule has 0 spiro atoms. The summed E-state index contributed by atoms with van der Waals surface area (Å²) in [4.78, 5) is 3.04. The van der Waals surface area contributed by atoms with Crippen LogP contribution in [0.25, 0.3) is 11.6 Å². The van der Waals surface area contributed by atoms with Gasteiger partial charge in [0, 0.05) is 16.5 Å². The summed E-state index contributed by atoms with van der Waals surface area (Å²) in [5.41, 5.74) is 9.55. The fraction of sp³-hybridized carbons (Fsp3) is 0.100. The number of hydrogen-bond acceptors (Lipinski definition) is 3. The molecule has 0 heterocycles. The molecule has 2 unspecified atom stereocenters. The van der Waals surface area contributed by atoms with E-state index in [1.807, 2.05) is 0 Å². The van der Waals surface area contributed by atoms with Crippen LogP contribution in [0.3, 0.4) is 0 Å². The predicted octanol–water partition coefficient (Wildman–Crippen LogP) is 0.656. The first-order valence-electron chi connectivity index (χ1n) is 4.45. The van der Waals surface area contributed by atoms with Crippen LogP contribution in [0.1, 0.15) is 17.2 Å². The molecule has 2 rings (SSSR count). The van der Waals surface area contributed by atoms with E-state index in [4.69, 9.17) is 5.53 Å². The van der Waals surface area contributed by atoms with Crippen molar-refractivity contribution in [1.82, 2.24) is 0 Å². The van der Waals surface area contributed by atoms with E-state index in [-0.39, 0.29) is 10.6 Å². The van der Waals surface area contributed by atoms with Crippen LogP contribution in [0.4, 0.5) is 0 Å². The van der Waals surface area contributed by atoms with Gasteiger partial charge in [0.15, 0.2) is 6.10 Å². The molecule has 0 saturated carbocycles. The Morgan fingerprint density at radius 3 is 2.81 bits per heavy atom. The molecule has 1 aliphatic rings. The van der Waals surface area contributed by atoms with Crippen LogP contribution in [-0.2, 0) is 11.1 Å². The van der Waals surface area contributed by atoms with Crippen LogP contribution >= 0.6 is 0 Å². The molecule has 0 saturated heterocycles. The van der Waals surface area contributed by atoms with Crippen molar-refractivity contribution in [2.75, 3.05) is 0 Å². The van der Waals surface area contributed by atoms with Crippen LogP contribution in [0.5, 0.6) is 0 Å². The molecule has 0 aliphatic heterocycles. The lowest BCUT2D eigenvalue weighted by molar-refractivity contribution is -0.0188. The number of hydrogen-bond donors (Lipinski definition) is 1. The van der Waals surface area contributed by atoms with Crippen molar-refractivity contribution >= 4 is 22.9 Å². The predicted molar refractivity (Wildman–Crippen MR) is 56.2 cm³/mol. The highest BCUT2D eigenvalue weighted by Crippen LogP contribution is 2.29. The molecule has 0 bridgehead atoms. The molecule has 0 aromatic heterocycles. The van der Waals surface area contributed by atoms with Crippen LogP contribution in [0, 0.1) is 0 Å². The molecular weight excluding hydrogens is 228 g/mol. The van der Waals surface area contributed by atoms with Crippen molar-refractivity contribution in [1.29, 1.82) is 0 Å². The number of aliphatic hydroxyl groups is 1. The van der Waals surface area contributed by atoms with Gasteiger partial charge < -0.3 is 15.2 Å². The molecule has 1 aromatic rings. The Labute approximate surface area is 93.9 Å². The van der Waals surface area contributed by atoms with Gasteiger partial charge in [-0.1, -0.05) is 12.1 Å². The second kappa shape index (κ2) is 4.11. The third-order valence-corrected chi connectivity index (χ3v) is 3.11. The maximum atomic E-state index is 10.9. The van der Waals surface area contributed by atoms with Crippen molar-refractivity contribution in [3.63, 3.8) is 0 Å². The van der Waals surface area contributed by atoms with E-state index in [0.29, 0.717) is 11.1 Å². The Bertz CT molecular complexity index is 547. The number of benzene rings is 1. The van der Waals surface area contributed by atoms with Crippen molar-refractivity contribution < 1.29 is 18.7 Å². The topological polar surface area (TPSA) is 96.8 Å². The maximum Gasteiger partial charge on any atom is 0.324 e. The SMILES string of the molecule is [N-]=[N+]=C1C=Cc2c(cccc2S(=O)[O-])C1O. The van der Waals surface area contributed by atoms with Gasteiger partial charge >= 0.3 is 5.71 Å². The zero-order chi connectivity index (χ0) is 11.7. The highest BCUT2D eigenvalue weighted by atomic mass is 32.2. The van der Waals surface area contributed by atoms with E-state index in [1.165, 1.54) is 24.3 Å². The summed E-state index contributed by atoms with van der Waals surface area (Å²) < 4.78 is 21.9. The summed E-state index contributed by atoms with van der Waals surface area (Å²) in [6, 6.07) is 4.56. The zero-order valence-electron chi connectivity index (χ0n) is 8.03. The van der Waals surface area contributed by atoms with Crippen molar-refractivity contribution in [2.45, 2.75) is 11.0 Å². The van der Waals surface area contributed by atoms with Gasteiger partial charge in [0.05, 0.1) is 0 Å². The van der Waals surface area contributed by atoms with Crippen molar-refractivity contribution in [3.05, 3.63) is 40.9 Å². The van der Waals surface area contributed by atoms with Crippen LogP contribution in [0.2, 0.25) is 0 Å². The zero-order valence-corrected chi connectivity index (χ0v) is 8.85. The summed E-state index contributed by atoms with van der Waals surface area (Å²) in [6.07, 6.45) is 1.78. The standard InChI is InChI=1S/C10H8N2O3S/c11-12-8-5-4-6-7(10(8)13)2-1-3-9(6)16(14)15/h1-5,10,13H,(H,14,15)/p-1. The molecule has 16 heavy (non-hydrogen) atoms. The molecule has 2 atom stereocenters. The molecule has 0 fully saturated rings. The normalized spacial score (nSPS) is 20.1. The average molecular weight is 235 g/mol. The molecule has 6 heteroatoms. The van der Waals surface area contributed by atoms with E-state index in [1.54, 1.807) is 6.07 Å². The summed E-state index contributed by atoms with van der Waals surface area (Å²) >= 11 is -2.36. The minimum atomic E-state index is -2.36. The van der Waals surface area contributed by atoms with Gasteiger partial charge in [-0.15, -0.1) is 0 Å². The quantitative estimate of drug-likeness (QED) is 0.439. The van der Waals surface area contributed by atoms with E-state index in [2.05, 4.69) is 4.79 Å². The summed E-state index contributed by atoms with van der Waals surface area (Å²) in [6.45, 7) is 0. The van der Waals surface area contributed by atoms with Crippen molar-refractivity contribution in [2.24, 2.45) is 0 Å². The van der Waals surface area contributed by atoms with Gasteiger partial charge in [0.1, 0.15) is 0 Å². The lowest BCUT2D eigenvalue weighted by atomic mass is 9.93. The summed E-state index contributed by atoms with van der Waals surface area (Å²) in [5.74, 6) is 0. The lowest BCUT2D eigenvalue weighted by Crippen LogP contribution is -2.16. The molecular formula is C10H7N2O3S-. The number of aliphatic hydroxyl groups excluding tert-OH is 1. The minimum absolute atomic E-state index is 0.0846. The highest BCUT2D eigenvalue weighted by Gasteiger charge is 2.27. The fourth-order valence-corrected chi connectivity index (χ4v) is 2.19. The first-order chi connectivity index (χ1) is 7.65. The second-order valence-electron chi connectivity index (χ2n) is 3.25. The fourth-order valence-electron chi connectivity index (χ4n) is 1.63. The maximum absolute atomic E-state index is 10.9. The third-order valence-electron chi connectivity index (χ3n) is 2.39. The lowest BCUT2D eigenvalue weighted by Gasteiger charge is -2.17. The van der Waals surface area contributed by atoms with E-state index < -0.39 is 17.2 Å². The highest BCUT2D eigenvalue weighted by molar-refractivity contribution is 7.79. The minimum Gasteiger partial charge on any atom is -0.768 e. The second-order valence-corrected chi connectivity index (χ2v) is 4.16. The number of nitrogens with zero attached hydrogens (tertiary/aromatic N) is 2.